The highest BCUT2D eigenvalue weighted by Crippen LogP contribution is 2.21. The SMILES string of the molecule is O=C(/C=C\c1ccccc1Cl)Nc1nnc(S(=O)Cc2ccccc2)s1. The molecule has 2 aromatic carbocycles. The summed E-state index contributed by atoms with van der Waals surface area (Å²) in [6.07, 6.45) is 2.98. The lowest BCUT2D eigenvalue weighted by Crippen LogP contribution is -2.07. The zero-order valence-corrected chi connectivity index (χ0v) is 15.9. The quantitative estimate of drug-likeness (QED) is 0.495. The molecular weight excluding hydrogens is 390 g/mol. The van der Waals surface area contributed by atoms with Crippen molar-refractivity contribution in [2.45, 2.75) is 10.1 Å². The molecule has 3 aromatic rings. The molecule has 0 aliphatic heterocycles. The molecule has 1 aromatic heterocycles. The Morgan fingerprint density at radius 3 is 2.62 bits per heavy atom. The van der Waals surface area contributed by atoms with E-state index in [0.29, 0.717) is 20.2 Å². The van der Waals surface area contributed by atoms with E-state index in [2.05, 4.69) is 15.5 Å². The predicted octanol–water partition coefficient (Wildman–Crippen LogP) is 4.15. The van der Waals surface area contributed by atoms with Crippen LogP contribution in [0, 0.1) is 0 Å². The summed E-state index contributed by atoms with van der Waals surface area (Å²) in [7, 11) is -1.31. The lowest BCUT2D eigenvalue weighted by Gasteiger charge is -1.98. The molecular formula is C18H14ClN3O2S2. The molecule has 0 spiro atoms. The second-order valence-corrected chi connectivity index (χ2v) is 8.20. The smallest absolute Gasteiger partial charge is 0.250 e. The Balaban J connectivity index is 1.60. The number of hydrogen-bond donors (Lipinski definition) is 1. The van der Waals surface area contributed by atoms with Gasteiger partial charge in [0.05, 0.1) is 16.6 Å². The van der Waals surface area contributed by atoms with E-state index in [1.165, 1.54) is 6.08 Å². The van der Waals surface area contributed by atoms with Crippen molar-refractivity contribution in [3.8, 4) is 0 Å². The predicted molar refractivity (Wildman–Crippen MR) is 106 cm³/mol. The number of hydrogen-bond acceptors (Lipinski definition) is 5. The number of nitrogens with zero attached hydrogens (tertiary/aromatic N) is 2. The highest BCUT2D eigenvalue weighted by molar-refractivity contribution is 7.86. The molecule has 1 atom stereocenters. The van der Waals surface area contributed by atoms with Gasteiger partial charge in [-0.2, -0.15) is 0 Å². The average molecular weight is 404 g/mol. The van der Waals surface area contributed by atoms with Crippen LogP contribution in [-0.2, 0) is 21.3 Å². The molecule has 3 rings (SSSR count). The van der Waals surface area contributed by atoms with Gasteiger partial charge in [0, 0.05) is 11.1 Å². The number of anilines is 1. The standard InChI is InChI=1S/C18H14ClN3O2S2/c19-15-9-5-4-8-14(15)10-11-16(23)20-17-21-22-18(25-17)26(24)12-13-6-2-1-3-7-13/h1-11H,12H2,(H,20,21,23)/b11-10-. The maximum atomic E-state index is 12.3. The number of benzene rings is 2. The molecule has 26 heavy (non-hydrogen) atoms. The summed E-state index contributed by atoms with van der Waals surface area (Å²) in [6, 6.07) is 16.7. The number of carbonyl (C=O) groups excluding carboxylic acids is 1. The summed E-state index contributed by atoms with van der Waals surface area (Å²) < 4.78 is 12.7. The zero-order valence-electron chi connectivity index (χ0n) is 13.5. The molecule has 132 valence electrons. The summed E-state index contributed by atoms with van der Waals surface area (Å²) in [4.78, 5) is 12.0. The van der Waals surface area contributed by atoms with E-state index >= 15 is 0 Å². The van der Waals surface area contributed by atoms with Crippen LogP contribution in [0.25, 0.3) is 6.08 Å². The van der Waals surface area contributed by atoms with Gasteiger partial charge < -0.3 is 0 Å². The maximum absolute atomic E-state index is 12.3. The molecule has 0 bridgehead atoms. The van der Waals surface area contributed by atoms with Crippen molar-refractivity contribution in [1.82, 2.24) is 10.2 Å². The Morgan fingerprint density at radius 2 is 1.85 bits per heavy atom. The Kier molecular flexibility index (Phi) is 6.27. The van der Waals surface area contributed by atoms with Crippen LogP contribution >= 0.6 is 22.9 Å². The molecule has 5 nitrogen and oxygen atoms in total. The Labute approximate surface area is 162 Å². The molecule has 1 amide bonds. The molecule has 0 aliphatic rings. The first-order valence-corrected chi connectivity index (χ1v) is 10.1. The Hall–Kier alpha value is -2.35. The van der Waals surface area contributed by atoms with Gasteiger partial charge in [0.1, 0.15) is 0 Å². The number of amides is 1. The highest BCUT2D eigenvalue weighted by atomic mass is 35.5. The van der Waals surface area contributed by atoms with E-state index in [0.717, 1.165) is 22.5 Å². The van der Waals surface area contributed by atoms with Crippen molar-refractivity contribution in [2.24, 2.45) is 0 Å². The van der Waals surface area contributed by atoms with Crippen LogP contribution in [0.4, 0.5) is 5.13 Å². The molecule has 0 saturated carbocycles. The molecule has 0 saturated heterocycles. The van der Waals surface area contributed by atoms with Crippen LogP contribution < -0.4 is 5.32 Å². The molecule has 1 N–H and O–H groups in total. The Bertz CT molecular complexity index is 958. The van der Waals surface area contributed by atoms with Gasteiger partial charge in [-0.3, -0.25) is 14.3 Å². The molecule has 8 heteroatoms. The van der Waals surface area contributed by atoms with E-state index < -0.39 is 10.8 Å². The van der Waals surface area contributed by atoms with Gasteiger partial charge in [0.25, 0.3) is 0 Å². The molecule has 1 heterocycles. The van der Waals surface area contributed by atoms with E-state index in [4.69, 9.17) is 11.6 Å². The van der Waals surface area contributed by atoms with E-state index in [9.17, 15) is 9.00 Å². The third-order valence-corrected chi connectivity index (χ3v) is 6.14. The maximum Gasteiger partial charge on any atom is 0.250 e. The number of halogens is 1. The van der Waals surface area contributed by atoms with Gasteiger partial charge in [0.15, 0.2) is 0 Å². The largest absolute Gasteiger partial charge is 0.297 e. The highest BCUT2D eigenvalue weighted by Gasteiger charge is 2.13. The van der Waals surface area contributed by atoms with Crippen LogP contribution in [0.5, 0.6) is 0 Å². The second kappa shape index (κ2) is 8.84. The number of nitrogens with one attached hydrogen (secondary N) is 1. The van der Waals surface area contributed by atoms with Gasteiger partial charge in [0.2, 0.25) is 15.4 Å². The van der Waals surface area contributed by atoms with Crippen molar-refractivity contribution in [3.63, 3.8) is 0 Å². The summed E-state index contributed by atoms with van der Waals surface area (Å²) in [5, 5.41) is 11.3. The zero-order chi connectivity index (χ0) is 18.4. The third-order valence-electron chi connectivity index (χ3n) is 3.29. The molecule has 1 unspecified atom stereocenters. The van der Waals surface area contributed by atoms with Crippen LogP contribution in [0.1, 0.15) is 11.1 Å². The van der Waals surface area contributed by atoms with Gasteiger partial charge in [-0.1, -0.05) is 71.5 Å². The van der Waals surface area contributed by atoms with Crippen molar-refractivity contribution >= 4 is 50.9 Å². The van der Waals surface area contributed by atoms with Gasteiger partial charge in [-0.05, 0) is 23.3 Å². The first-order valence-electron chi connectivity index (χ1n) is 7.61. The minimum absolute atomic E-state index is 0.301. The van der Waals surface area contributed by atoms with E-state index in [-0.39, 0.29) is 5.91 Å². The van der Waals surface area contributed by atoms with Gasteiger partial charge in [-0.15, -0.1) is 10.2 Å². The lowest BCUT2D eigenvalue weighted by atomic mass is 10.2. The fourth-order valence-corrected chi connectivity index (χ4v) is 4.28. The summed E-state index contributed by atoms with van der Waals surface area (Å²) in [6.45, 7) is 0. The first kappa shape index (κ1) is 18.4. The summed E-state index contributed by atoms with van der Waals surface area (Å²) >= 11 is 7.13. The van der Waals surface area contributed by atoms with Crippen LogP contribution in [0.2, 0.25) is 5.02 Å². The average Bonchev–Trinajstić information content (AvgIpc) is 3.10. The minimum Gasteiger partial charge on any atom is -0.297 e. The summed E-state index contributed by atoms with van der Waals surface area (Å²) in [5.41, 5.74) is 1.69. The van der Waals surface area contributed by atoms with Crippen molar-refractivity contribution < 1.29 is 9.00 Å². The molecule has 0 fully saturated rings. The Morgan fingerprint density at radius 1 is 1.12 bits per heavy atom. The van der Waals surface area contributed by atoms with Crippen LogP contribution in [0.3, 0.4) is 0 Å². The minimum atomic E-state index is -1.31. The third kappa shape index (κ3) is 5.08. The monoisotopic (exact) mass is 403 g/mol. The second-order valence-electron chi connectivity index (χ2n) is 5.19. The molecule has 0 aliphatic carbocycles. The van der Waals surface area contributed by atoms with E-state index in [1.54, 1.807) is 12.1 Å². The number of rotatable bonds is 6. The van der Waals surface area contributed by atoms with Crippen molar-refractivity contribution in [3.05, 3.63) is 76.8 Å². The van der Waals surface area contributed by atoms with E-state index in [1.807, 2.05) is 48.5 Å². The number of carbonyl (C=O) groups is 1. The first-order chi connectivity index (χ1) is 12.6. The van der Waals surface area contributed by atoms with Crippen molar-refractivity contribution in [1.29, 1.82) is 0 Å². The lowest BCUT2D eigenvalue weighted by molar-refractivity contribution is -0.111. The number of aromatic nitrogens is 2. The van der Waals surface area contributed by atoms with Gasteiger partial charge in [-0.25, -0.2) is 0 Å². The van der Waals surface area contributed by atoms with Crippen LogP contribution in [0.15, 0.2) is 65.0 Å². The fraction of sp³-hybridized carbons (Fsp3) is 0.0556. The molecule has 0 radical (unpaired) electrons. The topological polar surface area (TPSA) is 72.0 Å². The van der Waals surface area contributed by atoms with Crippen LogP contribution in [-0.4, -0.2) is 20.3 Å². The van der Waals surface area contributed by atoms with Gasteiger partial charge >= 0.3 is 0 Å². The fourth-order valence-electron chi connectivity index (χ4n) is 2.06. The summed E-state index contributed by atoms with van der Waals surface area (Å²) in [5.74, 6) is -0.00278. The normalized spacial score (nSPS) is 12.2. The van der Waals surface area contributed by atoms with Crippen molar-refractivity contribution in [2.75, 3.05) is 5.32 Å².